The van der Waals surface area contributed by atoms with Gasteiger partial charge >= 0.3 is 0 Å². The highest BCUT2D eigenvalue weighted by Gasteiger charge is 2.46. The zero-order valence-electron chi connectivity index (χ0n) is 30.7. The Morgan fingerprint density at radius 1 is 0.604 bits per heavy atom. The average molecular weight is 665 g/mol. The molecule has 3 heteroatoms. The molecule has 0 saturated carbocycles. The molecule has 0 amide bonds. The molecule has 48 heavy (non-hydrogen) atoms. The lowest BCUT2D eigenvalue weighted by atomic mass is 9.97. The molecular weight excluding hydrogens is 613 g/mol. The lowest BCUT2D eigenvalue weighted by molar-refractivity contribution is 0.368. The second kappa shape index (κ2) is 12.5. The largest absolute Gasteiger partial charge is 0.490 e. The molecule has 1 aliphatic rings. The van der Waals surface area contributed by atoms with Crippen LogP contribution in [0.15, 0.2) is 110 Å². The third kappa shape index (κ3) is 5.97. The third-order valence-corrected chi connectivity index (χ3v) is 20.6. The maximum Gasteiger partial charge on any atom is 0.118 e. The molecule has 246 valence electrons. The molecule has 0 radical (unpaired) electrons. The van der Waals surface area contributed by atoms with E-state index in [2.05, 4.69) is 171 Å². The van der Waals surface area contributed by atoms with Gasteiger partial charge in [-0.25, -0.2) is 0 Å². The van der Waals surface area contributed by atoms with Gasteiger partial charge < -0.3 is 4.74 Å². The fraction of sp³-hybridized carbons (Fsp3) is 0.289. The van der Waals surface area contributed by atoms with Crippen LogP contribution in [0, 0.1) is 20.8 Å². The summed E-state index contributed by atoms with van der Waals surface area (Å²) in [5.41, 5.74) is 14.9. The first kappa shape index (κ1) is 34.0. The van der Waals surface area contributed by atoms with E-state index in [1.165, 1.54) is 71.6 Å². The molecule has 0 aliphatic heterocycles. The summed E-state index contributed by atoms with van der Waals surface area (Å²) in [5.74, 6) is 1.13. The Balaban J connectivity index is 1.62. The molecule has 0 bridgehead atoms. The van der Waals surface area contributed by atoms with Crippen LogP contribution in [0.2, 0.25) is 31.2 Å². The van der Waals surface area contributed by atoms with Crippen molar-refractivity contribution in [2.75, 3.05) is 6.61 Å². The van der Waals surface area contributed by atoms with Crippen LogP contribution in [0.1, 0.15) is 54.1 Å². The van der Waals surface area contributed by atoms with E-state index in [0.717, 1.165) is 5.75 Å². The topological polar surface area (TPSA) is 9.23 Å². The standard InChI is InChI=1S/C45H52OSi2/c1-12-25-46-43-41(26-32(4)27-42(43)48(10,11)45(5,6)7)47(8,9)44-39-28-35(33-17-13-30(2)14-18-33)21-23-37(39)38-24-22-36(29-40(38)44)34-19-15-31(3)16-20-34/h12-24,26-29,44H,1,25H2,2-11H3. The smallest absolute Gasteiger partial charge is 0.118 e. The third-order valence-electron chi connectivity index (χ3n) is 11.3. The minimum Gasteiger partial charge on any atom is -0.490 e. The zero-order valence-corrected chi connectivity index (χ0v) is 32.7. The molecular formula is C45H52OSi2. The number of aryl methyl sites for hydroxylation is 3. The van der Waals surface area contributed by atoms with E-state index in [1.54, 1.807) is 0 Å². The minimum atomic E-state index is -2.35. The first-order valence-electron chi connectivity index (χ1n) is 17.4. The summed E-state index contributed by atoms with van der Waals surface area (Å²) in [4.78, 5) is 0. The Labute approximate surface area is 291 Å². The molecule has 1 aliphatic carbocycles. The minimum absolute atomic E-state index is 0.175. The van der Waals surface area contributed by atoms with Crippen LogP contribution in [0.5, 0.6) is 5.75 Å². The zero-order chi connectivity index (χ0) is 34.6. The average Bonchev–Trinajstić information content (AvgIpc) is 3.37. The van der Waals surface area contributed by atoms with Gasteiger partial charge in [0.2, 0.25) is 0 Å². The van der Waals surface area contributed by atoms with Crippen LogP contribution >= 0.6 is 0 Å². The van der Waals surface area contributed by atoms with Crippen LogP contribution in [-0.2, 0) is 0 Å². The summed E-state index contributed by atoms with van der Waals surface area (Å²) < 4.78 is 6.84. The summed E-state index contributed by atoms with van der Waals surface area (Å²) in [6.07, 6.45) is 1.90. The predicted octanol–water partition coefficient (Wildman–Crippen LogP) is 11.5. The summed E-state index contributed by atoms with van der Waals surface area (Å²) in [7, 11) is -4.30. The summed E-state index contributed by atoms with van der Waals surface area (Å²) in [5, 5.41) is 3.04. The molecule has 5 aromatic rings. The van der Waals surface area contributed by atoms with E-state index in [4.69, 9.17) is 4.74 Å². The van der Waals surface area contributed by atoms with Gasteiger partial charge in [-0.3, -0.25) is 0 Å². The van der Waals surface area contributed by atoms with Crippen LogP contribution in [0.25, 0.3) is 33.4 Å². The molecule has 0 spiro atoms. The molecule has 6 rings (SSSR count). The summed E-state index contributed by atoms with van der Waals surface area (Å²) in [6.45, 7) is 28.6. The quantitative estimate of drug-likeness (QED) is 0.118. The highest BCUT2D eigenvalue weighted by atomic mass is 28.3. The van der Waals surface area contributed by atoms with E-state index in [-0.39, 0.29) is 10.6 Å². The number of rotatable bonds is 8. The predicted molar refractivity (Wildman–Crippen MR) is 215 cm³/mol. The lowest BCUT2D eigenvalue weighted by Gasteiger charge is -2.41. The van der Waals surface area contributed by atoms with Crippen molar-refractivity contribution in [3.8, 4) is 39.1 Å². The van der Waals surface area contributed by atoms with E-state index in [1.807, 2.05) is 6.08 Å². The Hall–Kier alpha value is -3.93. The monoisotopic (exact) mass is 664 g/mol. The lowest BCUT2D eigenvalue weighted by Crippen LogP contribution is -2.55. The van der Waals surface area contributed by atoms with E-state index < -0.39 is 16.1 Å². The van der Waals surface area contributed by atoms with Crippen LogP contribution in [0.3, 0.4) is 0 Å². The van der Waals surface area contributed by atoms with Gasteiger partial charge in [0.1, 0.15) is 12.4 Å². The molecule has 0 unspecified atom stereocenters. The van der Waals surface area contributed by atoms with E-state index in [9.17, 15) is 0 Å². The first-order valence-corrected chi connectivity index (χ1v) is 23.5. The van der Waals surface area contributed by atoms with Gasteiger partial charge in [0.15, 0.2) is 0 Å². The van der Waals surface area contributed by atoms with Crippen LogP contribution in [-0.4, -0.2) is 22.8 Å². The van der Waals surface area contributed by atoms with Crippen molar-refractivity contribution >= 4 is 26.5 Å². The van der Waals surface area contributed by atoms with Crippen LogP contribution < -0.4 is 15.1 Å². The van der Waals surface area contributed by atoms with E-state index >= 15 is 0 Å². The van der Waals surface area contributed by atoms with Gasteiger partial charge in [-0.15, -0.1) is 0 Å². The molecule has 0 aromatic heterocycles. The highest BCUT2D eigenvalue weighted by Crippen LogP contribution is 2.51. The molecule has 0 N–H and O–H groups in total. The SMILES string of the molecule is C=CCOc1c([Si](C)(C)C2c3cc(-c4ccc(C)cc4)ccc3-c3ccc(-c4ccc(C)cc4)cc32)cc(C)cc1[Si](C)(C)C(C)(C)C. The maximum atomic E-state index is 6.84. The maximum absolute atomic E-state index is 6.84. The van der Waals surface area contributed by atoms with Gasteiger partial charge in [-0.1, -0.05) is 173 Å². The van der Waals surface area contributed by atoms with Gasteiger partial charge in [0.05, 0.1) is 16.1 Å². The number of benzene rings is 5. The molecule has 0 fully saturated rings. The van der Waals surface area contributed by atoms with Gasteiger partial charge in [-0.2, -0.15) is 0 Å². The Kier molecular flexibility index (Phi) is 8.85. The fourth-order valence-corrected chi connectivity index (χ4v) is 13.5. The normalized spacial score (nSPS) is 13.3. The van der Waals surface area contributed by atoms with Crippen molar-refractivity contribution in [2.24, 2.45) is 0 Å². The van der Waals surface area contributed by atoms with Gasteiger partial charge in [0, 0.05) is 5.54 Å². The van der Waals surface area contributed by atoms with Crippen molar-refractivity contribution in [1.82, 2.24) is 0 Å². The number of ether oxygens (including phenoxy) is 1. The van der Waals surface area contributed by atoms with Gasteiger partial charge in [0.25, 0.3) is 0 Å². The second-order valence-corrected chi connectivity index (χ2v) is 26.0. The molecule has 0 heterocycles. The number of fused-ring (bicyclic) bond motifs is 3. The summed E-state index contributed by atoms with van der Waals surface area (Å²) >= 11 is 0. The number of hydrogen-bond donors (Lipinski definition) is 0. The molecule has 5 aromatic carbocycles. The van der Waals surface area contributed by atoms with Crippen molar-refractivity contribution in [2.45, 2.75) is 78.3 Å². The highest BCUT2D eigenvalue weighted by molar-refractivity contribution is 6.95. The van der Waals surface area contributed by atoms with Crippen molar-refractivity contribution in [3.63, 3.8) is 0 Å². The number of hydrogen-bond acceptors (Lipinski definition) is 1. The first-order chi connectivity index (χ1) is 22.6. The fourth-order valence-electron chi connectivity index (χ4n) is 7.46. The van der Waals surface area contributed by atoms with E-state index in [0.29, 0.717) is 6.61 Å². The second-order valence-electron chi connectivity index (χ2n) is 16.2. The van der Waals surface area contributed by atoms with Crippen molar-refractivity contribution in [1.29, 1.82) is 0 Å². The Morgan fingerprint density at radius 3 is 1.48 bits per heavy atom. The van der Waals surface area contributed by atoms with Gasteiger partial charge in [-0.05, 0) is 80.7 Å². The summed E-state index contributed by atoms with van der Waals surface area (Å²) in [6, 6.07) is 37.2. The molecule has 0 atom stereocenters. The molecule has 0 saturated heterocycles. The molecule has 1 nitrogen and oxygen atoms in total. The van der Waals surface area contributed by atoms with Crippen molar-refractivity contribution in [3.05, 3.63) is 138 Å². The van der Waals surface area contributed by atoms with Crippen LogP contribution in [0.4, 0.5) is 0 Å². The Bertz CT molecular complexity index is 1890. The Morgan fingerprint density at radius 2 is 1.04 bits per heavy atom. The van der Waals surface area contributed by atoms with Crippen molar-refractivity contribution < 1.29 is 4.74 Å².